The minimum absolute atomic E-state index is 0.00498. The number of carbonyl (C=O) groups excluding carboxylic acids is 2. The van der Waals surface area contributed by atoms with E-state index >= 15 is 0 Å². The maximum absolute atomic E-state index is 13.1. The number of benzene rings is 3. The maximum Gasteiger partial charge on any atom is 0.342 e. The number of rotatable bonds is 7. The molecule has 4 aromatic rings. The summed E-state index contributed by atoms with van der Waals surface area (Å²) >= 11 is 0. The molecule has 2 heterocycles. The molecule has 198 valence electrons. The summed E-state index contributed by atoms with van der Waals surface area (Å²) in [6.07, 6.45) is 3.79. The fraction of sp³-hybridized carbons (Fsp3) is 0.233. The van der Waals surface area contributed by atoms with E-state index in [1.165, 1.54) is 10.7 Å². The van der Waals surface area contributed by atoms with Crippen molar-refractivity contribution in [1.82, 2.24) is 15.1 Å². The standard InChI is InChI=1S/C30H28N4O5/c35-26-11-10-22(32-29(36)21-9-12-27-28(15-21)39-18-38-27)16-23(26)24-17-25(20-7-4-8-20)34(33-24)30(37)31-14-13-19-5-2-1-3-6-19/h1-3,5-6,9-12,15-17,20,35H,4,7-8,13-14,18H2,(H,31,37)(H,32,36). The van der Waals surface area contributed by atoms with Crippen LogP contribution in [0.3, 0.4) is 0 Å². The Hall–Kier alpha value is -4.79. The zero-order chi connectivity index (χ0) is 26.8. The first-order valence-corrected chi connectivity index (χ1v) is 13.0. The summed E-state index contributed by atoms with van der Waals surface area (Å²) in [7, 11) is 0. The summed E-state index contributed by atoms with van der Waals surface area (Å²) in [4.78, 5) is 26.0. The predicted molar refractivity (Wildman–Crippen MR) is 145 cm³/mol. The van der Waals surface area contributed by atoms with Crippen molar-refractivity contribution in [2.45, 2.75) is 31.6 Å². The van der Waals surface area contributed by atoms with Crippen molar-refractivity contribution in [1.29, 1.82) is 0 Å². The lowest BCUT2D eigenvalue weighted by atomic mass is 9.82. The Bertz CT molecular complexity index is 1530. The van der Waals surface area contributed by atoms with Gasteiger partial charge in [0.1, 0.15) is 5.75 Å². The van der Waals surface area contributed by atoms with E-state index in [1.54, 1.807) is 30.3 Å². The zero-order valence-corrected chi connectivity index (χ0v) is 21.2. The summed E-state index contributed by atoms with van der Waals surface area (Å²) in [5.41, 5.74) is 3.75. The molecule has 1 saturated carbocycles. The summed E-state index contributed by atoms with van der Waals surface area (Å²) < 4.78 is 12.1. The second-order valence-corrected chi connectivity index (χ2v) is 9.72. The summed E-state index contributed by atoms with van der Waals surface area (Å²) in [5.74, 6) is 1.03. The molecule has 0 spiro atoms. The lowest BCUT2D eigenvalue weighted by Gasteiger charge is -2.25. The third-order valence-corrected chi connectivity index (χ3v) is 7.15. The number of ether oxygens (including phenoxy) is 2. The largest absolute Gasteiger partial charge is 0.507 e. The van der Waals surface area contributed by atoms with E-state index in [0.29, 0.717) is 47.0 Å². The van der Waals surface area contributed by atoms with Gasteiger partial charge >= 0.3 is 6.03 Å². The Morgan fingerprint density at radius 1 is 0.974 bits per heavy atom. The minimum Gasteiger partial charge on any atom is -0.507 e. The van der Waals surface area contributed by atoms with Crippen LogP contribution in [0.4, 0.5) is 10.5 Å². The molecule has 9 heteroatoms. The van der Waals surface area contributed by atoms with Crippen LogP contribution in [0.1, 0.15) is 46.8 Å². The van der Waals surface area contributed by atoms with Gasteiger partial charge in [-0.3, -0.25) is 4.79 Å². The molecule has 3 N–H and O–H groups in total. The van der Waals surface area contributed by atoms with Crippen LogP contribution >= 0.6 is 0 Å². The molecular formula is C30H28N4O5. The maximum atomic E-state index is 13.1. The Balaban J connectivity index is 1.21. The van der Waals surface area contributed by atoms with Crippen LogP contribution in [0.5, 0.6) is 17.2 Å². The Kier molecular flexibility index (Phi) is 6.62. The molecule has 3 aromatic carbocycles. The van der Waals surface area contributed by atoms with E-state index in [0.717, 1.165) is 30.5 Å². The molecule has 9 nitrogen and oxygen atoms in total. The Morgan fingerprint density at radius 3 is 2.59 bits per heavy atom. The quantitative estimate of drug-likeness (QED) is 0.283. The summed E-state index contributed by atoms with van der Waals surface area (Å²) in [6, 6.07) is 21.3. The summed E-state index contributed by atoms with van der Waals surface area (Å²) in [6.45, 7) is 0.608. The highest BCUT2D eigenvalue weighted by Gasteiger charge is 2.28. The fourth-order valence-corrected chi connectivity index (χ4v) is 4.78. The van der Waals surface area contributed by atoms with E-state index < -0.39 is 0 Å². The topological polar surface area (TPSA) is 115 Å². The van der Waals surface area contributed by atoms with Crippen molar-refractivity contribution in [3.8, 4) is 28.5 Å². The van der Waals surface area contributed by atoms with Crippen molar-refractivity contribution < 1.29 is 24.2 Å². The average molecular weight is 525 g/mol. The second kappa shape index (κ2) is 10.5. The van der Waals surface area contributed by atoms with Gasteiger partial charge in [-0.1, -0.05) is 36.8 Å². The smallest absolute Gasteiger partial charge is 0.342 e. The third-order valence-electron chi connectivity index (χ3n) is 7.15. The molecule has 0 saturated heterocycles. The number of anilines is 1. The molecule has 2 aliphatic rings. The van der Waals surface area contributed by atoms with Crippen molar-refractivity contribution in [3.05, 3.63) is 89.6 Å². The van der Waals surface area contributed by atoms with E-state index in [2.05, 4.69) is 15.7 Å². The fourth-order valence-electron chi connectivity index (χ4n) is 4.78. The van der Waals surface area contributed by atoms with Crippen molar-refractivity contribution in [2.75, 3.05) is 18.7 Å². The first-order valence-electron chi connectivity index (χ1n) is 13.0. The van der Waals surface area contributed by atoms with Crippen LogP contribution in [-0.2, 0) is 6.42 Å². The minimum atomic E-state index is -0.330. The Labute approximate surface area is 225 Å². The van der Waals surface area contributed by atoms with Crippen molar-refractivity contribution >= 4 is 17.6 Å². The number of nitrogens with zero attached hydrogens (tertiary/aromatic N) is 2. The number of fused-ring (bicyclic) bond motifs is 1. The molecule has 0 atom stereocenters. The Morgan fingerprint density at radius 2 is 1.79 bits per heavy atom. The van der Waals surface area contributed by atoms with Crippen LogP contribution in [-0.4, -0.2) is 40.2 Å². The lowest BCUT2D eigenvalue weighted by Crippen LogP contribution is -2.33. The highest BCUT2D eigenvalue weighted by atomic mass is 16.7. The van der Waals surface area contributed by atoms with E-state index in [9.17, 15) is 14.7 Å². The van der Waals surface area contributed by atoms with E-state index in [-0.39, 0.29) is 30.4 Å². The molecule has 0 bridgehead atoms. The number of phenols is 1. The van der Waals surface area contributed by atoms with Gasteiger partial charge in [-0.25, -0.2) is 4.79 Å². The highest BCUT2D eigenvalue weighted by molar-refractivity contribution is 6.05. The third kappa shape index (κ3) is 5.16. The van der Waals surface area contributed by atoms with Gasteiger partial charge in [-0.15, -0.1) is 0 Å². The molecule has 1 aliphatic heterocycles. The van der Waals surface area contributed by atoms with Crippen LogP contribution in [0.15, 0.2) is 72.8 Å². The van der Waals surface area contributed by atoms with Gasteiger partial charge in [0.2, 0.25) is 6.79 Å². The first-order chi connectivity index (χ1) is 19.0. The van der Waals surface area contributed by atoms with E-state index in [1.807, 2.05) is 36.4 Å². The van der Waals surface area contributed by atoms with Gasteiger partial charge < -0.3 is 25.2 Å². The normalized spacial score (nSPS) is 14.1. The number of hydrogen-bond donors (Lipinski definition) is 3. The van der Waals surface area contributed by atoms with Gasteiger partial charge in [0, 0.05) is 29.3 Å². The monoisotopic (exact) mass is 524 g/mol. The molecule has 2 amide bonds. The number of aromatic nitrogens is 2. The van der Waals surface area contributed by atoms with Gasteiger partial charge in [-0.2, -0.15) is 9.78 Å². The molecule has 1 aliphatic carbocycles. The van der Waals surface area contributed by atoms with Gasteiger partial charge in [0.25, 0.3) is 5.91 Å². The number of aromatic hydroxyl groups is 1. The van der Waals surface area contributed by atoms with Gasteiger partial charge in [0.15, 0.2) is 11.5 Å². The predicted octanol–water partition coefficient (Wildman–Crippen LogP) is 5.30. The number of nitrogens with one attached hydrogen (secondary N) is 2. The highest BCUT2D eigenvalue weighted by Crippen LogP contribution is 2.39. The molecule has 1 fully saturated rings. The molecular weight excluding hydrogens is 496 g/mol. The van der Waals surface area contributed by atoms with Crippen LogP contribution in [0.25, 0.3) is 11.3 Å². The second-order valence-electron chi connectivity index (χ2n) is 9.72. The molecule has 1 aromatic heterocycles. The van der Waals surface area contributed by atoms with Gasteiger partial charge in [-0.05, 0) is 67.3 Å². The van der Waals surface area contributed by atoms with E-state index in [4.69, 9.17) is 9.47 Å². The average Bonchev–Trinajstić information content (AvgIpc) is 3.56. The van der Waals surface area contributed by atoms with Crippen LogP contribution in [0, 0.1) is 0 Å². The first kappa shape index (κ1) is 24.5. The number of carbonyl (C=O) groups is 2. The van der Waals surface area contributed by atoms with Gasteiger partial charge in [0.05, 0.1) is 11.4 Å². The van der Waals surface area contributed by atoms with Crippen molar-refractivity contribution in [2.24, 2.45) is 0 Å². The lowest BCUT2D eigenvalue weighted by molar-refractivity contribution is 0.102. The number of phenolic OH excluding ortho intramolecular Hbond substituents is 1. The molecule has 6 rings (SSSR count). The number of hydrogen-bond acceptors (Lipinski definition) is 6. The zero-order valence-electron chi connectivity index (χ0n) is 21.2. The van der Waals surface area contributed by atoms with Crippen LogP contribution in [0.2, 0.25) is 0 Å². The summed E-state index contributed by atoms with van der Waals surface area (Å²) in [5, 5.41) is 21.1. The molecule has 0 unspecified atom stereocenters. The van der Waals surface area contributed by atoms with Crippen LogP contribution < -0.4 is 20.1 Å². The molecule has 39 heavy (non-hydrogen) atoms. The number of amides is 2. The molecule has 0 radical (unpaired) electrons. The SMILES string of the molecule is O=C(Nc1ccc(O)c(-c2cc(C3CCC3)n(C(=O)NCCc3ccccc3)n2)c1)c1ccc2c(c1)OCO2. The van der Waals surface area contributed by atoms with Crippen molar-refractivity contribution in [3.63, 3.8) is 0 Å².